The van der Waals surface area contributed by atoms with Crippen molar-refractivity contribution < 1.29 is 14.7 Å². The first-order valence-corrected chi connectivity index (χ1v) is 6.79. The maximum absolute atomic E-state index is 12.5. The van der Waals surface area contributed by atoms with E-state index in [2.05, 4.69) is 5.10 Å². The first kappa shape index (κ1) is 14.6. The van der Waals surface area contributed by atoms with Gasteiger partial charge in [-0.3, -0.25) is 14.3 Å². The van der Waals surface area contributed by atoms with Crippen LogP contribution >= 0.6 is 0 Å². The van der Waals surface area contributed by atoms with Crippen molar-refractivity contribution in [2.24, 2.45) is 0 Å². The predicted octanol–water partition coefficient (Wildman–Crippen LogP) is 1.64. The number of carboxylic acids is 1. The topological polar surface area (TPSA) is 75.4 Å². The van der Waals surface area contributed by atoms with Gasteiger partial charge in [0.1, 0.15) is 6.54 Å². The Morgan fingerprint density at radius 1 is 1.45 bits per heavy atom. The summed E-state index contributed by atoms with van der Waals surface area (Å²) in [5.74, 6) is -1.21. The van der Waals surface area contributed by atoms with Gasteiger partial charge in [-0.1, -0.05) is 0 Å². The summed E-state index contributed by atoms with van der Waals surface area (Å²) in [4.78, 5) is 24.9. The Balaban J connectivity index is 2.28. The summed E-state index contributed by atoms with van der Waals surface area (Å²) in [7, 11) is 0. The standard InChI is InChI=1S/C14H21N3O3/c1-9-11(7-15-17(9)14(2,3)4)13(20)16(8-12(18)19)10-5-6-10/h7,10H,5-6,8H2,1-4H3,(H,18,19). The fourth-order valence-corrected chi connectivity index (χ4v) is 2.35. The second kappa shape index (κ2) is 4.92. The van der Waals surface area contributed by atoms with E-state index in [9.17, 15) is 9.59 Å². The number of rotatable bonds is 4. The van der Waals surface area contributed by atoms with Crippen LogP contribution in [-0.2, 0) is 10.3 Å². The van der Waals surface area contributed by atoms with Crippen LogP contribution in [0.15, 0.2) is 6.20 Å². The molecule has 6 nitrogen and oxygen atoms in total. The smallest absolute Gasteiger partial charge is 0.323 e. The molecule has 1 aromatic heterocycles. The molecule has 0 aromatic carbocycles. The molecule has 0 bridgehead atoms. The van der Waals surface area contributed by atoms with Crippen LogP contribution in [0.4, 0.5) is 0 Å². The highest BCUT2D eigenvalue weighted by atomic mass is 16.4. The van der Waals surface area contributed by atoms with Gasteiger partial charge in [0.15, 0.2) is 0 Å². The van der Waals surface area contributed by atoms with E-state index in [4.69, 9.17) is 5.11 Å². The number of carbonyl (C=O) groups excluding carboxylic acids is 1. The highest BCUT2D eigenvalue weighted by Crippen LogP contribution is 2.29. The van der Waals surface area contributed by atoms with E-state index < -0.39 is 5.97 Å². The summed E-state index contributed by atoms with van der Waals surface area (Å²) in [6.07, 6.45) is 3.30. The van der Waals surface area contributed by atoms with Crippen molar-refractivity contribution in [1.29, 1.82) is 0 Å². The van der Waals surface area contributed by atoms with Crippen LogP contribution < -0.4 is 0 Å². The average molecular weight is 279 g/mol. The molecule has 0 aliphatic heterocycles. The van der Waals surface area contributed by atoms with E-state index in [0.29, 0.717) is 5.56 Å². The molecule has 1 aromatic rings. The van der Waals surface area contributed by atoms with Gasteiger partial charge in [0, 0.05) is 11.7 Å². The van der Waals surface area contributed by atoms with Gasteiger partial charge in [0.25, 0.3) is 5.91 Å². The number of aliphatic carboxylic acids is 1. The largest absolute Gasteiger partial charge is 0.480 e. The van der Waals surface area contributed by atoms with Crippen molar-refractivity contribution in [3.8, 4) is 0 Å². The van der Waals surface area contributed by atoms with Crippen molar-refractivity contribution in [1.82, 2.24) is 14.7 Å². The van der Waals surface area contributed by atoms with E-state index in [1.54, 1.807) is 10.9 Å². The zero-order chi connectivity index (χ0) is 15.1. The maximum atomic E-state index is 12.5. The van der Waals surface area contributed by atoms with E-state index in [-0.39, 0.29) is 24.0 Å². The van der Waals surface area contributed by atoms with Crippen LogP contribution in [0.1, 0.15) is 49.7 Å². The Labute approximate surface area is 118 Å². The summed E-state index contributed by atoms with van der Waals surface area (Å²) >= 11 is 0. The maximum Gasteiger partial charge on any atom is 0.323 e. The summed E-state index contributed by atoms with van der Waals surface area (Å²) in [5, 5.41) is 13.2. The third-order valence-corrected chi connectivity index (χ3v) is 3.43. The molecule has 1 aliphatic carbocycles. The molecule has 1 heterocycles. The number of aromatic nitrogens is 2. The Hall–Kier alpha value is -1.85. The Bertz CT molecular complexity index is 538. The predicted molar refractivity (Wildman–Crippen MR) is 73.7 cm³/mol. The van der Waals surface area contributed by atoms with Gasteiger partial charge in [-0.25, -0.2) is 0 Å². The first-order valence-electron chi connectivity index (χ1n) is 6.79. The van der Waals surface area contributed by atoms with Crippen LogP contribution in [-0.4, -0.2) is 44.3 Å². The molecule has 1 aliphatic rings. The van der Waals surface area contributed by atoms with Crippen molar-refractivity contribution in [2.45, 2.75) is 52.1 Å². The summed E-state index contributed by atoms with van der Waals surface area (Å²) in [5.41, 5.74) is 1.06. The minimum absolute atomic E-state index is 0.0657. The molecule has 0 saturated heterocycles. The molecular weight excluding hydrogens is 258 g/mol. The zero-order valence-corrected chi connectivity index (χ0v) is 12.4. The number of carboxylic acid groups (broad SMARTS) is 1. The van der Waals surface area contributed by atoms with Gasteiger partial charge in [0.05, 0.1) is 17.3 Å². The molecular formula is C14H21N3O3. The first-order chi connectivity index (χ1) is 9.21. The van der Waals surface area contributed by atoms with Crippen molar-refractivity contribution in [3.63, 3.8) is 0 Å². The van der Waals surface area contributed by atoms with Gasteiger partial charge < -0.3 is 10.0 Å². The summed E-state index contributed by atoms with van der Waals surface area (Å²) in [6.45, 7) is 7.63. The molecule has 6 heteroatoms. The van der Waals surface area contributed by atoms with Gasteiger partial charge in [-0.15, -0.1) is 0 Å². The SMILES string of the molecule is Cc1c(C(=O)N(CC(=O)O)C2CC2)cnn1C(C)(C)C. The van der Waals surface area contributed by atoms with Gasteiger partial charge in [-0.05, 0) is 40.5 Å². The molecule has 110 valence electrons. The lowest BCUT2D eigenvalue weighted by molar-refractivity contribution is -0.137. The van der Waals surface area contributed by atoms with Gasteiger partial charge >= 0.3 is 5.97 Å². The lowest BCUT2D eigenvalue weighted by atomic mass is 10.1. The fourth-order valence-electron chi connectivity index (χ4n) is 2.35. The lowest BCUT2D eigenvalue weighted by Gasteiger charge is -2.23. The number of nitrogens with zero attached hydrogens (tertiary/aromatic N) is 3. The van der Waals surface area contributed by atoms with Crippen LogP contribution in [0.25, 0.3) is 0 Å². The molecule has 0 spiro atoms. The highest BCUT2D eigenvalue weighted by molar-refractivity contribution is 5.97. The molecule has 2 rings (SSSR count). The van der Waals surface area contributed by atoms with E-state index in [1.165, 1.54) is 4.90 Å². The minimum Gasteiger partial charge on any atom is -0.480 e. The van der Waals surface area contributed by atoms with E-state index >= 15 is 0 Å². The second-order valence-corrected chi connectivity index (χ2v) is 6.28. The Morgan fingerprint density at radius 3 is 2.45 bits per heavy atom. The third kappa shape index (κ3) is 2.84. The van der Waals surface area contributed by atoms with E-state index in [0.717, 1.165) is 18.5 Å². The summed E-state index contributed by atoms with van der Waals surface area (Å²) < 4.78 is 1.80. The van der Waals surface area contributed by atoms with E-state index in [1.807, 2.05) is 27.7 Å². The van der Waals surface area contributed by atoms with Crippen molar-refractivity contribution in [2.75, 3.05) is 6.54 Å². The zero-order valence-electron chi connectivity index (χ0n) is 12.4. The quantitative estimate of drug-likeness (QED) is 0.909. The average Bonchev–Trinajstić information content (AvgIpc) is 3.06. The van der Waals surface area contributed by atoms with Gasteiger partial charge in [0.2, 0.25) is 0 Å². The molecule has 1 saturated carbocycles. The molecule has 1 amide bonds. The summed E-state index contributed by atoms with van der Waals surface area (Å²) in [6, 6.07) is 0.0657. The molecule has 1 fully saturated rings. The fraction of sp³-hybridized carbons (Fsp3) is 0.643. The van der Waals surface area contributed by atoms with Gasteiger partial charge in [-0.2, -0.15) is 5.10 Å². The number of hydrogen-bond acceptors (Lipinski definition) is 3. The molecule has 1 N–H and O–H groups in total. The molecule has 0 radical (unpaired) electrons. The highest BCUT2D eigenvalue weighted by Gasteiger charge is 2.36. The van der Waals surface area contributed by atoms with Crippen molar-refractivity contribution in [3.05, 3.63) is 17.5 Å². The lowest BCUT2D eigenvalue weighted by Crippen LogP contribution is -2.37. The van der Waals surface area contributed by atoms with Crippen molar-refractivity contribution >= 4 is 11.9 Å². The molecule has 20 heavy (non-hydrogen) atoms. The third-order valence-electron chi connectivity index (χ3n) is 3.43. The monoisotopic (exact) mass is 279 g/mol. The number of amides is 1. The molecule has 0 unspecified atom stereocenters. The Kier molecular flexibility index (Phi) is 3.58. The van der Waals surface area contributed by atoms with Crippen LogP contribution in [0.2, 0.25) is 0 Å². The second-order valence-electron chi connectivity index (χ2n) is 6.28. The van der Waals surface area contributed by atoms with Crippen LogP contribution in [0.5, 0.6) is 0 Å². The Morgan fingerprint density at radius 2 is 2.05 bits per heavy atom. The number of carbonyl (C=O) groups is 2. The normalized spacial score (nSPS) is 15.2. The van der Waals surface area contributed by atoms with Crippen LogP contribution in [0.3, 0.4) is 0 Å². The van der Waals surface area contributed by atoms with Crippen LogP contribution in [0, 0.1) is 6.92 Å². The molecule has 0 atom stereocenters. The minimum atomic E-state index is -0.980. The number of hydrogen-bond donors (Lipinski definition) is 1.